The molecule has 0 saturated carbocycles. The molecular weight excluding hydrogens is 281 g/mol. The molecule has 0 radical (unpaired) electrons. The average Bonchev–Trinajstić information content (AvgIpc) is 2.41. The molecule has 0 bridgehead atoms. The fourth-order valence-corrected chi connectivity index (χ4v) is 2.11. The highest BCUT2D eigenvalue weighted by atomic mass is 19.4. The molecule has 3 nitrogen and oxygen atoms in total. The smallest absolute Gasteiger partial charge is 0.325 e. The van der Waals surface area contributed by atoms with Gasteiger partial charge in [-0.15, -0.1) is 0 Å². The number of halogens is 3. The molecule has 0 fully saturated rings. The first kappa shape index (κ1) is 14.9. The summed E-state index contributed by atoms with van der Waals surface area (Å²) in [5, 5.41) is 9.11. The standard InChI is InChI=1S/C15H11F3N2O/c1-8-9(2)20-14(21)12(7-19)13(8)10-3-5-11(6-4-10)15(16,17)18/h3-6H,1-2H3,(H,20,21). The van der Waals surface area contributed by atoms with E-state index in [2.05, 4.69) is 4.98 Å². The number of benzene rings is 1. The predicted octanol–water partition coefficient (Wildman–Crippen LogP) is 3.55. The van der Waals surface area contributed by atoms with E-state index >= 15 is 0 Å². The molecule has 1 aromatic heterocycles. The van der Waals surface area contributed by atoms with Crippen molar-refractivity contribution in [1.82, 2.24) is 4.98 Å². The fraction of sp³-hybridized carbons (Fsp3) is 0.200. The summed E-state index contributed by atoms with van der Waals surface area (Å²) in [6.45, 7) is 3.38. The van der Waals surface area contributed by atoms with E-state index in [4.69, 9.17) is 5.26 Å². The van der Waals surface area contributed by atoms with Crippen molar-refractivity contribution in [3.63, 3.8) is 0 Å². The molecule has 1 aromatic carbocycles. The van der Waals surface area contributed by atoms with Crippen molar-refractivity contribution in [1.29, 1.82) is 5.26 Å². The van der Waals surface area contributed by atoms with E-state index in [1.54, 1.807) is 13.8 Å². The van der Waals surface area contributed by atoms with Crippen LogP contribution in [0.3, 0.4) is 0 Å². The monoisotopic (exact) mass is 292 g/mol. The lowest BCUT2D eigenvalue weighted by Crippen LogP contribution is -2.15. The van der Waals surface area contributed by atoms with E-state index in [1.807, 2.05) is 6.07 Å². The van der Waals surface area contributed by atoms with Gasteiger partial charge in [-0.25, -0.2) is 0 Å². The number of alkyl halides is 3. The molecule has 0 aliphatic heterocycles. The summed E-state index contributed by atoms with van der Waals surface area (Å²) < 4.78 is 37.7. The number of H-pyrrole nitrogens is 1. The maximum absolute atomic E-state index is 12.6. The number of pyridine rings is 1. The SMILES string of the molecule is Cc1[nH]c(=O)c(C#N)c(-c2ccc(C(F)(F)F)cc2)c1C. The van der Waals surface area contributed by atoms with Gasteiger partial charge in [0.15, 0.2) is 0 Å². The van der Waals surface area contributed by atoms with Gasteiger partial charge in [0.1, 0.15) is 11.6 Å². The van der Waals surface area contributed by atoms with Crippen molar-refractivity contribution in [2.75, 3.05) is 0 Å². The van der Waals surface area contributed by atoms with Crippen LogP contribution >= 0.6 is 0 Å². The van der Waals surface area contributed by atoms with E-state index in [1.165, 1.54) is 12.1 Å². The van der Waals surface area contributed by atoms with Crippen LogP contribution in [0.25, 0.3) is 11.1 Å². The van der Waals surface area contributed by atoms with Crippen LogP contribution in [-0.4, -0.2) is 4.98 Å². The van der Waals surface area contributed by atoms with Gasteiger partial charge < -0.3 is 4.98 Å². The second kappa shape index (κ2) is 5.09. The van der Waals surface area contributed by atoms with Gasteiger partial charge in [0.25, 0.3) is 5.56 Å². The Bertz CT molecular complexity index is 781. The lowest BCUT2D eigenvalue weighted by Gasteiger charge is -2.12. The number of nitrogens with zero attached hydrogens (tertiary/aromatic N) is 1. The first-order valence-electron chi connectivity index (χ1n) is 6.07. The first-order chi connectivity index (χ1) is 9.75. The van der Waals surface area contributed by atoms with Gasteiger partial charge in [0.2, 0.25) is 0 Å². The van der Waals surface area contributed by atoms with E-state index in [0.29, 0.717) is 22.4 Å². The fourth-order valence-electron chi connectivity index (χ4n) is 2.11. The molecule has 21 heavy (non-hydrogen) atoms. The lowest BCUT2D eigenvalue weighted by molar-refractivity contribution is -0.137. The third-order valence-corrected chi connectivity index (χ3v) is 3.33. The normalized spacial score (nSPS) is 11.2. The molecule has 0 amide bonds. The number of nitrogens with one attached hydrogen (secondary N) is 1. The second-order valence-corrected chi connectivity index (χ2v) is 4.64. The molecule has 0 saturated heterocycles. The van der Waals surface area contributed by atoms with Gasteiger partial charge in [0.05, 0.1) is 5.56 Å². The molecule has 2 aromatic rings. The van der Waals surface area contributed by atoms with Gasteiger partial charge in [-0.2, -0.15) is 18.4 Å². The molecule has 0 atom stereocenters. The van der Waals surface area contributed by atoms with Crippen molar-refractivity contribution in [3.05, 3.63) is 57.0 Å². The molecule has 0 unspecified atom stereocenters. The Morgan fingerprint density at radius 1 is 1.14 bits per heavy atom. The van der Waals surface area contributed by atoms with Crippen LogP contribution in [0.1, 0.15) is 22.4 Å². The van der Waals surface area contributed by atoms with E-state index in [-0.39, 0.29) is 5.56 Å². The Kier molecular flexibility index (Phi) is 3.60. The van der Waals surface area contributed by atoms with E-state index in [0.717, 1.165) is 12.1 Å². The largest absolute Gasteiger partial charge is 0.416 e. The molecular formula is C15H11F3N2O. The molecule has 6 heteroatoms. The van der Waals surface area contributed by atoms with Crippen molar-refractivity contribution in [2.24, 2.45) is 0 Å². The minimum atomic E-state index is -4.42. The van der Waals surface area contributed by atoms with Crippen molar-refractivity contribution in [3.8, 4) is 17.2 Å². The topological polar surface area (TPSA) is 56.6 Å². The molecule has 0 spiro atoms. The highest BCUT2D eigenvalue weighted by molar-refractivity contribution is 5.74. The van der Waals surface area contributed by atoms with Crippen LogP contribution < -0.4 is 5.56 Å². The zero-order valence-electron chi connectivity index (χ0n) is 11.3. The Morgan fingerprint density at radius 3 is 2.19 bits per heavy atom. The predicted molar refractivity (Wildman–Crippen MR) is 71.7 cm³/mol. The Balaban J connectivity index is 2.68. The minimum Gasteiger partial charge on any atom is -0.325 e. The van der Waals surface area contributed by atoms with Crippen LogP contribution in [0.5, 0.6) is 0 Å². The summed E-state index contributed by atoms with van der Waals surface area (Å²) in [5.74, 6) is 0. The quantitative estimate of drug-likeness (QED) is 0.873. The number of aromatic amines is 1. The van der Waals surface area contributed by atoms with E-state index < -0.39 is 17.3 Å². The molecule has 0 aliphatic carbocycles. The van der Waals surface area contributed by atoms with Crippen molar-refractivity contribution < 1.29 is 13.2 Å². The average molecular weight is 292 g/mol. The van der Waals surface area contributed by atoms with Gasteiger partial charge in [0, 0.05) is 11.3 Å². The Labute approximate surface area is 118 Å². The zero-order valence-corrected chi connectivity index (χ0v) is 11.3. The van der Waals surface area contributed by atoms with Gasteiger partial charge in [-0.1, -0.05) is 12.1 Å². The van der Waals surface area contributed by atoms with Crippen LogP contribution in [0.2, 0.25) is 0 Å². The molecule has 1 N–H and O–H groups in total. The van der Waals surface area contributed by atoms with Gasteiger partial charge in [-0.3, -0.25) is 4.79 Å². The summed E-state index contributed by atoms with van der Waals surface area (Å²) in [6.07, 6.45) is -4.42. The molecule has 108 valence electrons. The molecule has 2 rings (SSSR count). The third-order valence-electron chi connectivity index (χ3n) is 3.33. The lowest BCUT2D eigenvalue weighted by atomic mass is 9.95. The third kappa shape index (κ3) is 2.68. The summed E-state index contributed by atoms with van der Waals surface area (Å²) in [5.41, 5.74) is 0.593. The number of hydrogen-bond acceptors (Lipinski definition) is 2. The maximum atomic E-state index is 12.6. The molecule has 1 heterocycles. The van der Waals surface area contributed by atoms with Gasteiger partial charge >= 0.3 is 6.18 Å². The van der Waals surface area contributed by atoms with Gasteiger partial charge in [-0.05, 0) is 37.1 Å². The zero-order chi connectivity index (χ0) is 15.8. The van der Waals surface area contributed by atoms with Crippen LogP contribution in [0, 0.1) is 25.2 Å². The van der Waals surface area contributed by atoms with E-state index in [9.17, 15) is 18.0 Å². The first-order valence-corrected chi connectivity index (χ1v) is 6.07. The highest BCUT2D eigenvalue weighted by Gasteiger charge is 2.30. The molecule has 0 aliphatic rings. The summed E-state index contributed by atoms with van der Waals surface area (Å²) in [6, 6.07) is 6.22. The maximum Gasteiger partial charge on any atom is 0.416 e. The Morgan fingerprint density at radius 2 is 1.71 bits per heavy atom. The number of rotatable bonds is 1. The van der Waals surface area contributed by atoms with Crippen molar-refractivity contribution >= 4 is 0 Å². The highest BCUT2D eigenvalue weighted by Crippen LogP contribution is 2.32. The number of hydrogen-bond donors (Lipinski definition) is 1. The Hall–Kier alpha value is -2.55. The van der Waals surface area contributed by atoms with Crippen LogP contribution in [0.4, 0.5) is 13.2 Å². The minimum absolute atomic E-state index is 0.0992. The van der Waals surface area contributed by atoms with Crippen LogP contribution in [-0.2, 0) is 6.18 Å². The van der Waals surface area contributed by atoms with Crippen LogP contribution in [0.15, 0.2) is 29.1 Å². The van der Waals surface area contributed by atoms with Crippen molar-refractivity contribution in [2.45, 2.75) is 20.0 Å². The summed E-state index contributed by atoms with van der Waals surface area (Å²) in [7, 11) is 0. The number of nitriles is 1. The number of aromatic nitrogens is 1. The second-order valence-electron chi connectivity index (χ2n) is 4.64. The number of aryl methyl sites for hydroxylation is 1. The summed E-state index contributed by atoms with van der Waals surface area (Å²) in [4.78, 5) is 14.3. The summed E-state index contributed by atoms with van der Waals surface area (Å²) >= 11 is 0.